The number of nitrogens with one attached hydrogen (secondary N) is 1. The Labute approximate surface area is 120 Å². The van der Waals surface area contributed by atoms with E-state index in [9.17, 15) is 0 Å². The van der Waals surface area contributed by atoms with E-state index in [2.05, 4.69) is 34.7 Å². The zero-order valence-electron chi connectivity index (χ0n) is 11.5. The molecule has 0 saturated heterocycles. The van der Waals surface area contributed by atoms with Crippen LogP contribution in [-0.2, 0) is 4.84 Å². The lowest BCUT2D eigenvalue weighted by Crippen LogP contribution is -2.27. The van der Waals surface area contributed by atoms with Gasteiger partial charge in [0, 0.05) is 12.4 Å². The zero-order valence-corrected chi connectivity index (χ0v) is 11.5. The van der Waals surface area contributed by atoms with Crippen molar-refractivity contribution in [3.63, 3.8) is 0 Å². The third kappa shape index (κ3) is 3.24. The molecule has 20 heavy (non-hydrogen) atoms. The van der Waals surface area contributed by atoms with Gasteiger partial charge in [0.1, 0.15) is 0 Å². The van der Waals surface area contributed by atoms with E-state index in [0.29, 0.717) is 6.10 Å². The van der Waals surface area contributed by atoms with Crippen LogP contribution in [0.25, 0.3) is 0 Å². The Morgan fingerprint density at radius 2 is 1.60 bits per heavy atom. The summed E-state index contributed by atoms with van der Waals surface area (Å²) in [5.74, 6) is 0. The van der Waals surface area contributed by atoms with Gasteiger partial charge in [-0.25, -0.2) is 0 Å². The lowest BCUT2D eigenvalue weighted by molar-refractivity contribution is -0.0340. The fraction of sp³-hybridized carbons (Fsp3) is 0.353. The van der Waals surface area contributed by atoms with Crippen molar-refractivity contribution in [3.05, 3.63) is 66.0 Å². The second-order valence-electron chi connectivity index (χ2n) is 5.27. The van der Waals surface area contributed by atoms with Gasteiger partial charge in [0.05, 0.1) is 12.1 Å². The SMILES string of the molecule is c1ccc(C(NOC2CCCC2)c2ccncc2)cc1. The third-order valence-corrected chi connectivity index (χ3v) is 3.83. The van der Waals surface area contributed by atoms with E-state index >= 15 is 0 Å². The minimum atomic E-state index is 0.0554. The number of hydrogen-bond donors (Lipinski definition) is 1. The molecular formula is C17H20N2O. The van der Waals surface area contributed by atoms with Crippen LogP contribution in [0.2, 0.25) is 0 Å². The van der Waals surface area contributed by atoms with E-state index in [0.717, 1.165) is 12.8 Å². The molecule has 1 heterocycles. The zero-order chi connectivity index (χ0) is 13.6. The molecule has 1 aliphatic rings. The lowest BCUT2D eigenvalue weighted by atomic mass is 10.0. The predicted molar refractivity (Wildman–Crippen MR) is 79.0 cm³/mol. The van der Waals surface area contributed by atoms with Gasteiger partial charge >= 0.3 is 0 Å². The molecular weight excluding hydrogens is 248 g/mol. The first-order valence-electron chi connectivity index (χ1n) is 7.29. The standard InChI is InChI=1S/C17H20N2O/c1-2-6-14(7-3-1)17(15-10-12-18-13-11-15)19-20-16-8-4-5-9-16/h1-3,6-7,10-13,16-17,19H,4-5,8-9H2. The third-order valence-electron chi connectivity index (χ3n) is 3.83. The number of hydroxylamine groups is 1. The quantitative estimate of drug-likeness (QED) is 0.841. The van der Waals surface area contributed by atoms with Crippen LogP contribution in [0, 0.1) is 0 Å². The summed E-state index contributed by atoms with van der Waals surface area (Å²) in [7, 11) is 0. The Bertz CT molecular complexity index is 470. The maximum absolute atomic E-state index is 5.90. The van der Waals surface area contributed by atoms with Crippen LogP contribution in [0.1, 0.15) is 42.9 Å². The van der Waals surface area contributed by atoms with Crippen molar-refractivity contribution in [1.29, 1.82) is 0 Å². The smallest absolute Gasteiger partial charge is 0.0822 e. The average Bonchev–Trinajstić information content (AvgIpc) is 3.03. The van der Waals surface area contributed by atoms with Crippen LogP contribution in [0.5, 0.6) is 0 Å². The number of benzene rings is 1. The summed E-state index contributed by atoms with van der Waals surface area (Å²) >= 11 is 0. The number of aromatic nitrogens is 1. The normalized spacial score (nSPS) is 17.2. The molecule has 0 spiro atoms. The first kappa shape index (κ1) is 13.3. The molecule has 1 aromatic carbocycles. The molecule has 3 rings (SSSR count). The van der Waals surface area contributed by atoms with Crippen LogP contribution in [0.4, 0.5) is 0 Å². The molecule has 3 nitrogen and oxygen atoms in total. The van der Waals surface area contributed by atoms with Gasteiger partial charge in [-0.15, -0.1) is 0 Å². The molecule has 3 heteroatoms. The van der Waals surface area contributed by atoms with E-state index in [4.69, 9.17) is 4.84 Å². The Morgan fingerprint density at radius 1 is 0.950 bits per heavy atom. The highest BCUT2D eigenvalue weighted by atomic mass is 16.7. The molecule has 0 amide bonds. The molecule has 1 fully saturated rings. The van der Waals surface area contributed by atoms with E-state index < -0.39 is 0 Å². The Balaban J connectivity index is 1.76. The van der Waals surface area contributed by atoms with E-state index in [1.165, 1.54) is 24.0 Å². The first-order chi connectivity index (χ1) is 9.93. The first-order valence-corrected chi connectivity index (χ1v) is 7.29. The summed E-state index contributed by atoms with van der Waals surface area (Å²) in [5.41, 5.74) is 5.64. The summed E-state index contributed by atoms with van der Waals surface area (Å²) in [6.07, 6.45) is 8.86. The maximum Gasteiger partial charge on any atom is 0.0822 e. The minimum absolute atomic E-state index is 0.0554. The molecule has 104 valence electrons. The largest absolute Gasteiger partial charge is 0.298 e. The topological polar surface area (TPSA) is 34.1 Å². The van der Waals surface area contributed by atoms with E-state index in [-0.39, 0.29) is 6.04 Å². The Kier molecular flexibility index (Phi) is 4.41. The van der Waals surface area contributed by atoms with Crippen LogP contribution in [0.15, 0.2) is 54.9 Å². The lowest BCUT2D eigenvalue weighted by Gasteiger charge is -2.21. The predicted octanol–water partition coefficient (Wildman–Crippen LogP) is 3.63. The number of pyridine rings is 1. The van der Waals surface area contributed by atoms with Gasteiger partial charge in [-0.05, 0) is 36.1 Å². The molecule has 1 unspecified atom stereocenters. The number of rotatable bonds is 5. The molecule has 1 N–H and O–H groups in total. The molecule has 0 radical (unpaired) electrons. The molecule has 2 aromatic rings. The van der Waals surface area contributed by atoms with Gasteiger partial charge < -0.3 is 0 Å². The maximum atomic E-state index is 5.90. The van der Waals surface area contributed by atoms with Crippen molar-refractivity contribution >= 4 is 0 Å². The van der Waals surface area contributed by atoms with E-state index in [1.54, 1.807) is 0 Å². The molecule has 1 saturated carbocycles. The highest BCUT2D eigenvalue weighted by Gasteiger charge is 2.19. The van der Waals surface area contributed by atoms with Crippen LogP contribution >= 0.6 is 0 Å². The van der Waals surface area contributed by atoms with Crippen molar-refractivity contribution in [2.45, 2.75) is 37.8 Å². The average molecular weight is 268 g/mol. The van der Waals surface area contributed by atoms with Crippen LogP contribution < -0.4 is 5.48 Å². The van der Waals surface area contributed by atoms with E-state index in [1.807, 2.05) is 30.6 Å². The van der Waals surface area contributed by atoms with Gasteiger partial charge in [0.25, 0.3) is 0 Å². The number of hydrogen-bond acceptors (Lipinski definition) is 3. The summed E-state index contributed by atoms with van der Waals surface area (Å²) in [5, 5.41) is 0. The summed E-state index contributed by atoms with van der Waals surface area (Å²) in [6, 6.07) is 14.5. The summed E-state index contributed by atoms with van der Waals surface area (Å²) in [4.78, 5) is 9.99. The van der Waals surface area contributed by atoms with Gasteiger partial charge in [-0.2, -0.15) is 5.48 Å². The second kappa shape index (κ2) is 6.64. The number of nitrogens with zero attached hydrogens (tertiary/aromatic N) is 1. The van der Waals surface area contributed by atoms with Crippen molar-refractivity contribution in [3.8, 4) is 0 Å². The van der Waals surface area contributed by atoms with Gasteiger partial charge in [0.2, 0.25) is 0 Å². The van der Waals surface area contributed by atoms with Gasteiger partial charge in [-0.3, -0.25) is 9.82 Å². The fourth-order valence-corrected chi connectivity index (χ4v) is 2.70. The van der Waals surface area contributed by atoms with Crippen LogP contribution in [-0.4, -0.2) is 11.1 Å². The van der Waals surface area contributed by atoms with Crippen molar-refractivity contribution < 1.29 is 4.84 Å². The van der Waals surface area contributed by atoms with Crippen molar-refractivity contribution in [2.24, 2.45) is 0 Å². The molecule has 1 atom stereocenters. The fourth-order valence-electron chi connectivity index (χ4n) is 2.70. The summed E-state index contributed by atoms with van der Waals surface area (Å²) in [6.45, 7) is 0. The highest BCUT2D eigenvalue weighted by Crippen LogP contribution is 2.24. The molecule has 0 aliphatic heterocycles. The Hall–Kier alpha value is -1.71. The van der Waals surface area contributed by atoms with Crippen LogP contribution in [0.3, 0.4) is 0 Å². The molecule has 1 aromatic heterocycles. The van der Waals surface area contributed by atoms with Crippen molar-refractivity contribution in [1.82, 2.24) is 10.5 Å². The minimum Gasteiger partial charge on any atom is -0.298 e. The highest BCUT2D eigenvalue weighted by molar-refractivity contribution is 5.29. The summed E-state index contributed by atoms with van der Waals surface area (Å²) < 4.78 is 0. The Morgan fingerprint density at radius 3 is 2.30 bits per heavy atom. The molecule has 0 bridgehead atoms. The van der Waals surface area contributed by atoms with Crippen molar-refractivity contribution in [2.75, 3.05) is 0 Å². The van der Waals surface area contributed by atoms with Gasteiger partial charge in [-0.1, -0.05) is 43.2 Å². The monoisotopic (exact) mass is 268 g/mol. The van der Waals surface area contributed by atoms with Gasteiger partial charge in [0.15, 0.2) is 0 Å². The molecule has 1 aliphatic carbocycles. The second-order valence-corrected chi connectivity index (χ2v) is 5.27.